The number of hydrogen-bond donors (Lipinski definition) is 0. The average molecular weight is 394 g/mol. The summed E-state index contributed by atoms with van der Waals surface area (Å²) in [6.07, 6.45) is 13.7. The fourth-order valence-electron chi connectivity index (χ4n) is 4.04. The van der Waals surface area contributed by atoms with Gasteiger partial charge in [-0.2, -0.15) is 4.57 Å². The molecule has 0 N–H and O–H groups in total. The highest BCUT2D eigenvalue weighted by Gasteiger charge is 2.26. The number of benzene rings is 1. The van der Waals surface area contributed by atoms with Crippen LogP contribution < -0.4 is 4.57 Å². The summed E-state index contributed by atoms with van der Waals surface area (Å²) in [7, 11) is 4.13. The minimum absolute atomic E-state index is 0.285. The van der Waals surface area contributed by atoms with Gasteiger partial charge in [0, 0.05) is 32.4 Å². The third-order valence-electron chi connectivity index (χ3n) is 5.02. The van der Waals surface area contributed by atoms with Crippen LogP contribution >= 0.6 is 11.3 Å². The Morgan fingerprint density at radius 3 is 2.68 bits per heavy atom. The Hall–Kier alpha value is -2.13. The van der Waals surface area contributed by atoms with E-state index >= 15 is 0 Å². The summed E-state index contributed by atoms with van der Waals surface area (Å²) >= 11 is 1.89. The van der Waals surface area contributed by atoms with E-state index < -0.39 is 0 Å². The maximum Gasteiger partial charge on any atom is 0.263 e. The zero-order chi connectivity index (χ0) is 20.3. The van der Waals surface area contributed by atoms with Gasteiger partial charge in [-0.1, -0.05) is 55.5 Å². The van der Waals surface area contributed by atoms with Gasteiger partial charge in [-0.15, -0.1) is 0 Å². The van der Waals surface area contributed by atoms with Crippen LogP contribution in [-0.4, -0.2) is 19.0 Å². The molecule has 0 bridgehead atoms. The van der Waals surface area contributed by atoms with E-state index in [1.54, 1.807) is 0 Å². The Labute approximate surface area is 174 Å². The Morgan fingerprint density at radius 1 is 1.21 bits per heavy atom. The van der Waals surface area contributed by atoms with Gasteiger partial charge in [0.2, 0.25) is 5.52 Å². The van der Waals surface area contributed by atoms with Gasteiger partial charge in [0.25, 0.3) is 5.01 Å². The number of nitrogens with zero attached hydrogens (tertiary/aromatic N) is 2. The lowest BCUT2D eigenvalue weighted by molar-refractivity contribution is -0.665. The zero-order valence-corrected chi connectivity index (χ0v) is 18.9. The number of fused-ring (bicyclic) bond motifs is 1. The van der Waals surface area contributed by atoms with Crippen molar-refractivity contribution in [3.63, 3.8) is 0 Å². The fourth-order valence-corrected chi connectivity index (χ4v) is 5.24. The van der Waals surface area contributed by atoms with Crippen LogP contribution in [0.2, 0.25) is 0 Å². The lowest BCUT2D eigenvalue weighted by Crippen LogP contribution is -2.33. The molecule has 28 heavy (non-hydrogen) atoms. The molecule has 1 aromatic carbocycles. The minimum atomic E-state index is 0.285. The topological polar surface area (TPSA) is 7.12 Å². The maximum absolute atomic E-state index is 2.43. The molecule has 3 heteroatoms. The van der Waals surface area contributed by atoms with E-state index in [-0.39, 0.29) is 5.41 Å². The summed E-state index contributed by atoms with van der Waals surface area (Å²) in [5, 5.41) is 1.35. The molecule has 0 saturated carbocycles. The summed E-state index contributed by atoms with van der Waals surface area (Å²) in [5.41, 5.74) is 5.74. The molecule has 2 nitrogen and oxygen atoms in total. The molecule has 0 spiro atoms. The first-order valence-electron chi connectivity index (χ1n) is 10.1. The van der Waals surface area contributed by atoms with Crippen LogP contribution in [0.4, 0.5) is 0 Å². The second kappa shape index (κ2) is 8.48. The van der Waals surface area contributed by atoms with Gasteiger partial charge >= 0.3 is 0 Å². The maximum atomic E-state index is 2.43. The number of aromatic nitrogens is 1. The van der Waals surface area contributed by atoms with Crippen molar-refractivity contribution in [1.29, 1.82) is 0 Å². The highest BCUT2D eigenvalue weighted by Crippen LogP contribution is 2.39. The van der Waals surface area contributed by atoms with Crippen LogP contribution in [0.5, 0.6) is 0 Å². The van der Waals surface area contributed by atoms with E-state index in [4.69, 9.17) is 0 Å². The molecule has 2 aromatic rings. The second-order valence-corrected chi connectivity index (χ2v) is 9.84. The van der Waals surface area contributed by atoms with Crippen LogP contribution in [0.15, 0.2) is 65.4 Å². The summed E-state index contributed by atoms with van der Waals surface area (Å²) in [6.45, 7) is 10.1. The Morgan fingerprint density at radius 2 is 1.96 bits per heavy atom. The number of para-hydroxylation sites is 1. The number of hydrogen-bond acceptors (Lipinski definition) is 2. The monoisotopic (exact) mass is 393 g/mol. The van der Waals surface area contributed by atoms with E-state index in [2.05, 4.69) is 106 Å². The van der Waals surface area contributed by atoms with Gasteiger partial charge in [-0.25, -0.2) is 0 Å². The summed E-state index contributed by atoms with van der Waals surface area (Å²) in [5.74, 6) is 0. The number of allylic oxidation sites excluding steroid dienone is 6. The predicted octanol–water partition coefficient (Wildman–Crippen LogP) is 6.36. The number of rotatable bonds is 5. The number of thiazole rings is 1. The Bertz CT molecular complexity index is 968. The minimum Gasteiger partial charge on any atom is -0.383 e. The van der Waals surface area contributed by atoms with Gasteiger partial charge in [0.1, 0.15) is 11.2 Å². The molecule has 1 aliphatic carbocycles. The highest BCUT2D eigenvalue weighted by molar-refractivity contribution is 7.18. The van der Waals surface area contributed by atoms with Crippen molar-refractivity contribution < 1.29 is 4.57 Å². The first-order chi connectivity index (χ1) is 13.3. The summed E-state index contributed by atoms with van der Waals surface area (Å²) < 4.78 is 3.79. The van der Waals surface area contributed by atoms with E-state index in [9.17, 15) is 0 Å². The molecule has 0 atom stereocenters. The van der Waals surface area contributed by atoms with Crippen LogP contribution in [0.3, 0.4) is 0 Å². The normalized spacial score (nSPS) is 18.9. The first kappa shape index (κ1) is 20.6. The van der Waals surface area contributed by atoms with Gasteiger partial charge in [-0.3, -0.25) is 0 Å². The molecule has 0 radical (unpaired) electrons. The van der Waals surface area contributed by atoms with Gasteiger partial charge < -0.3 is 4.90 Å². The van der Waals surface area contributed by atoms with E-state index in [0.29, 0.717) is 0 Å². The van der Waals surface area contributed by atoms with Gasteiger partial charge in [0.15, 0.2) is 0 Å². The van der Waals surface area contributed by atoms with Crippen LogP contribution in [0.1, 0.15) is 45.5 Å². The molecular formula is C25H33N2S+. The van der Waals surface area contributed by atoms with Gasteiger partial charge in [0.05, 0.1) is 0 Å². The van der Waals surface area contributed by atoms with E-state index in [1.807, 2.05) is 11.3 Å². The Kier molecular flexibility index (Phi) is 6.24. The molecule has 1 heterocycles. The highest BCUT2D eigenvalue weighted by atomic mass is 32.1. The van der Waals surface area contributed by atoms with Crippen molar-refractivity contribution in [3.05, 3.63) is 70.4 Å². The first-order valence-corrected chi connectivity index (χ1v) is 10.9. The molecule has 1 aromatic heterocycles. The van der Waals surface area contributed by atoms with Crippen LogP contribution in [-0.2, 0) is 6.54 Å². The summed E-state index contributed by atoms with van der Waals surface area (Å²) in [6, 6.07) is 8.72. The Balaban J connectivity index is 1.97. The molecule has 0 aliphatic heterocycles. The standard InChI is InChI=1S/C25H33N2S/c1-7-27-22-10-8-9-11-23(22)28-24(27)15-21-14-20(16-25(3,4)17-21)13-12-19(2)18-26(5)6/h8-15,18H,7,16-17H2,1-6H3/q+1. The molecule has 0 fully saturated rings. The third-order valence-corrected chi connectivity index (χ3v) is 6.13. The molecule has 0 amide bonds. The van der Waals surface area contributed by atoms with Crippen molar-refractivity contribution in [2.24, 2.45) is 5.41 Å². The second-order valence-electron chi connectivity index (χ2n) is 8.78. The van der Waals surface area contributed by atoms with E-state index in [1.165, 1.54) is 31.9 Å². The molecule has 1 aliphatic rings. The third kappa shape index (κ3) is 5.02. The largest absolute Gasteiger partial charge is 0.383 e. The SMILES string of the molecule is CC[n+]1c(/C=C2C=C(/C=C/C(C)=C\N(C)C)CC(C)(C)C/2)sc2ccccc21. The molecular weight excluding hydrogens is 360 g/mol. The average Bonchev–Trinajstić information content (AvgIpc) is 2.95. The lowest BCUT2D eigenvalue weighted by Gasteiger charge is -2.30. The molecule has 3 rings (SSSR count). The summed E-state index contributed by atoms with van der Waals surface area (Å²) in [4.78, 5) is 2.09. The molecule has 0 unspecified atom stereocenters. The molecule has 0 saturated heterocycles. The van der Waals surface area contributed by atoms with Crippen molar-refractivity contribution in [2.45, 2.75) is 47.1 Å². The van der Waals surface area contributed by atoms with E-state index in [0.717, 1.165) is 19.4 Å². The zero-order valence-electron chi connectivity index (χ0n) is 18.1. The van der Waals surface area contributed by atoms with Crippen molar-refractivity contribution in [2.75, 3.05) is 14.1 Å². The smallest absolute Gasteiger partial charge is 0.263 e. The molecule has 148 valence electrons. The lowest BCUT2D eigenvalue weighted by atomic mass is 9.75. The predicted molar refractivity (Wildman–Crippen MR) is 123 cm³/mol. The van der Waals surface area contributed by atoms with Crippen molar-refractivity contribution in [3.8, 4) is 0 Å². The van der Waals surface area contributed by atoms with Crippen LogP contribution in [0, 0.1) is 5.41 Å². The van der Waals surface area contributed by atoms with Crippen molar-refractivity contribution in [1.82, 2.24) is 4.90 Å². The van der Waals surface area contributed by atoms with Crippen LogP contribution in [0.25, 0.3) is 16.3 Å². The van der Waals surface area contributed by atoms with Gasteiger partial charge in [-0.05, 0) is 54.9 Å². The quantitative estimate of drug-likeness (QED) is 0.423. The van der Waals surface area contributed by atoms with Crippen molar-refractivity contribution >= 4 is 27.6 Å². The number of aryl methyl sites for hydroxylation is 1. The fraction of sp³-hybridized carbons (Fsp3) is 0.400.